The summed E-state index contributed by atoms with van der Waals surface area (Å²) in [5, 5.41) is 3.26. The molecule has 4 nitrogen and oxygen atoms in total. The predicted molar refractivity (Wildman–Crippen MR) is 65.9 cm³/mol. The molecule has 0 saturated heterocycles. The number of pyridine rings is 1. The van der Waals surface area contributed by atoms with Crippen LogP contribution < -0.4 is 10.1 Å². The molecule has 1 aromatic heterocycles. The van der Waals surface area contributed by atoms with Crippen molar-refractivity contribution in [3.05, 3.63) is 35.9 Å². The highest BCUT2D eigenvalue weighted by Crippen LogP contribution is 2.31. The number of allylic oxidation sites excluding steroid dienone is 1. The number of nitrogens with one attached hydrogen (secondary N) is 1. The number of hydrogen-bond acceptors (Lipinski definition) is 4. The van der Waals surface area contributed by atoms with Gasteiger partial charge in [-0.1, -0.05) is 0 Å². The first-order valence-corrected chi connectivity index (χ1v) is 5.85. The van der Waals surface area contributed by atoms with E-state index in [0.29, 0.717) is 0 Å². The van der Waals surface area contributed by atoms with Gasteiger partial charge in [-0.25, -0.2) is 0 Å². The topological polar surface area (TPSA) is 43.4 Å². The normalized spacial score (nSPS) is 16.9. The van der Waals surface area contributed by atoms with E-state index in [-0.39, 0.29) is 6.04 Å². The molecular weight excluding hydrogens is 216 g/mol. The van der Waals surface area contributed by atoms with Gasteiger partial charge in [-0.05, 0) is 32.0 Å². The van der Waals surface area contributed by atoms with Crippen molar-refractivity contribution in [1.29, 1.82) is 0 Å². The fraction of sp³-hybridized carbons (Fsp3) is 0.462. The van der Waals surface area contributed by atoms with Crippen molar-refractivity contribution in [2.75, 3.05) is 20.8 Å². The van der Waals surface area contributed by atoms with Crippen LogP contribution >= 0.6 is 0 Å². The van der Waals surface area contributed by atoms with Crippen LogP contribution in [0.15, 0.2) is 30.3 Å². The van der Waals surface area contributed by atoms with Gasteiger partial charge < -0.3 is 14.8 Å². The van der Waals surface area contributed by atoms with Gasteiger partial charge in [0.2, 0.25) is 0 Å². The maximum Gasteiger partial charge on any atom is 0.142 e. The molecule has 17 heavy (non-hydrogen) atoms. The third kappa shape index (κ3) is 2.58. The Labute approximate surface area is 102 Å². The molecule has 1 aliphatic heterocycles. The van der Waals surface area contributed by atoms with Crippen LogP contribution in [0.25, 0.3) is 0 Å². The van der Waals surface area contributed by atoms with E-state index in [0.717, 1.165) is 36.5 Å². The van der Waals surface area contributed by atoms with E-state index in [1.54, 1.807) is 19.5 Å². The predicted octanol–water partition coefficient (Wildman–Crippen LogP) is 2.04. The van der Waals surface area contributed by atoms with Crippen molar-refractivity contribution in [3.63, 3.8) is 0 Å². The molecule has 0 spiro atoms. The molecule has 0 amide bonds. The van der Waals surface area contributed by atoms with Crippen molar-refractivity contribution < 1.29 is 9.47 Å². The van der Waals surface area contributed by atoms with E-state index < -0.39 is 0 Å². The lowest BCUT2D eigenvalue weighted by Gasteiger charge is -2.24. The second-order valence-corrected chi connectivity index (χ2v) is 3.94. The molecule has 1 aromatic rings. The zero-order valence-corrected chi connectivity index (χ0v) is 10.3. The van der Waals surface area contributed by atoms with Gasteiger partial charge in [0.25, 0.3) is 0 Å². The Hall–Kier alpha value is -1.55. The minimum absolute atomic E-state index is 0.0354. The first-order valence-electron chi connectivity index (χ1n) is 5.85. The molecule has 1 unspecified atom stereocenters. The lowest BCUT2D eigenvalue weighted by molar-refractivity contribution is 0.169. The van der Waals surface area contributed by atoms with Crippen LogP contribution in [0.5, 0.6) is 5.75 Å². The van der Waals surface area contributed by atoms with Gasteiger partial charge in [0, 0.05) is 11.8 Å². The zero-order chi connectivity index (χ0) is 12.1. The lowest BCUT2D eigenvalue weighted by atomic mass is 10.0. The van der Waals surface area contributed by atoms with Crippen molar-refractivity contribution >= 4 is 0 Å². The highest BCUT2D eigenvalue weighted by molar-refractivity contribution is 5.36. The fourth-order valence-electron chi connectivity index (χ4n) is 2.03. The number of methoxy groups -OCH3 is 1. The van der Waals surface area contributed by atoms with Crippen molar-refractivity contribution in [2.24, 2.45) is 0 Å². The van der Waals surface area contributed by atoms with E-state index in [4.69, 9.17) is 9.47 Å². The van der Waals surface area contributed by atoms with Crippen LogP contribution in [-0.2, 0) is 4.74 Å². The summed E-state index contributed by atoms with van der Waals surface area (Å²) >= 11 is 0. The molecule has 2 rings (SSSR count). The van der Waals surface area contributed by atoms with Crippen LogP contribution in [0.1, 0.15) is 24.4 Å². The molecule has 1 N–H and O–H groups in total. The largest absolute Gasteiger partial charge is 0.496 e. The lowest BCUT2D eigenvalue weighted by Crippen LogP contribution is -2.22. The molecule has 4 heteroatoms. The number of aromatic nitrogens is 1. The van der Waals surface area contributed by atoms with Gasteiger partial charge >= 0.3 is 0 Å². The maximum absolute atomic E-state index is 5.71. The van der Waals surface area contributed by atoms with Crippen LogP contribution in [0.2, 0.25) is 0 Å². The summed E-state index contributed by atoms with van der Waals surface area (Å²) in [5.74, 6) is 1.75. The van der Waals surface area contributed by atoms with Gasteiger partial charge in [0.1, 0.15) is 11.5 Å². The quantitative estimate of drug-likeness (QED) is 0.866. The van der Waals surface area contributed by atoms with Crippen LogP contribution in [0, 0.1) is 0 Å². The maximum atomic E-state index is 5.71. The average Bonchev–Trinajstić information content (AvgIpc) is 2.41. The Kier molecular flexibility index (Phi) is 3.98. The fourth-order valence-corrected chi connectivity index (χ4v) is 2.03. The molecular formula is C13H18N2O2. The summed E-state index contributed by atoms with van der Waals surface area (Å²) in [5.41, 5.74) is 1.05. The van der Waals surface area contributed by atoms with E-state index in [2.05, 4.69) is 16.4 Å². The smallest absolute Gasteiger partial charge is 0.142 e. The monoisotopic (exact) mass is 234 g/mol. The summed E-state index contributed by atoms with van der Waals surface area (Å²) in [6.07, 6.45) is 7.80. The molecule has 0 aromatic carbocycles. The number of hydrogen-bond donors (Lipinski definition) is 1. The second kappa shape index (κ2) is 5.68. The first kappa shape index (κ1) is 11.9. The summed E-state index contributed by atoms with van der Waals surface area (Å²) in [7, 11) is 3.58. The number of nitrogens with zero attached hydrogens (tertiary/aromatic N) is 1. The first-order chi connectivity index (χ1) is 8.36. The molecule has 1 atom stereocenters. The Morgan fingerprint density at radius 1 is 1.53 bits per heavy atom. The number of ether oxygens (including phenoxy) is 2. The Balaban J connectivity index is 2.31. The van der Waals surface area contributed by atoms with E-state index >= 15 is 0 Å². The van der Waals surface area contributed by atoms with Crippen molar-refractivity contribution in [3.8, 4) is 5.75 Å². The van der Waals surface area contributed by atoms with Gasteiger partial charge in [-0.3, -0.25) is 4.98 Å². The molecule has 0 aliphatic carbocycles. The van der Waals surface area contributed by atoms with Gasteiger partial charge in [0.05, 0.1) is 26.0 Å². The molecule has 0 saturated carbocycles. The van der Waals surface area contributed by atoms with Crippen molar-refractivity contribution in [2.45, 2.75) is 18.9 Å². The minimum Gasteiger partial charge on any atom is -0.496 e. The molecule has 1 aliphatic rings. The third-order valence-corrected chi connectivity index (χ3v) is 2.88. The molecule has 0 bridgehead atoms. The van der Waals surface area contributed by atoms with Crippen LogP contribution in [0.4, 0.5) is 0 Å². The zero-order valence-electron chi connectivity index (χ0n) is 10.3. The summed E-state index contributed by atoms with van der Waals surface area (Å²) < 4.78 is 11.0. The van der Waals surface area contributed by atoms with Gasteiger partial charge in [-0.15, -0.1) is 0 Å². The number of rotatable bonds is 4. The minimum atomic E-state index is 0.0354. The molecule has 0 fully saturated rings. The van der Waals surface area contributed by atoms with Gasteiger partial charge in [-0.2, -0.15) is 0 Å². The third-order valence-electron chi connectivity index (χ3n) is 2.88. The van der Waals surface area contributed by atoms with Gasteiger partial charge in [0.15, 0.2) is 0 Å². The van der Waals surface area contributed by atoms with E-state index in [1.807, 2.05) is 13.1 Å². The highest BCUT2D eigenvalue weighted by atomic mass is 16.5. The van der Waals surface area contributed by atoms with E-state index in [1.165, 1.54) is 0 Å². The molecule has 92 valence electrons. The molecule has 0 radical (unpaired) electrons. The number of likely N-dealkylation sites (N-methyl/N-ethyl adjacent to an activating group) is 1. The SMILES string of the molecule is CNC(C1=CCCCO1)c1ccncc1OC. The van der Waals surface area contributed by atoms with E-state index in [9.17, 15) is 0 Å². The summed E-state index contributed by atoms with van der Waals surface area (Å²) in [6, 6.07) is 1.99. The second-order valence-electron chi connectivity index (χ2n) is 3.94. The van der Waals surface area contributed by atoms with Crippen LogP contribution in [-0.4, -0.2) is 25.7 Å². The molecule has 2 heterocycles. The Bertz CT molecular complexity index is 404. The van der Waals surface area contributed by atoms with Crippen molar-refractivity contribution in [1.82, 2.24) is 10.3 Å². The Morgan fingerprint density at radius 2 is 2.41 bits per heavy atom. The summed E-state index contributed by atoms with van der Waals surface area (Å²) in [6.45, 7) is 0.789. The summed E-state index contributed by atoms with van der Waals surface area (Å²) in [4.78, 5) is 4.06. The average molecular weight is 234 g/mol. The highest BCUT2D eigenvalue weighted by Gasteiger charge is 2.21. The van der Waals surface area contributed by atoms with Crippen LogP contribution in [0.3, 0.4) is 0 Å². The standard InChI is InChI=1S/C13H18N2O2/c1-14-13(11-5-3-4-8-17-11)10-6-7-15-9-12(10)16-2/h5-7,9,13-14H,3-4,8H2,1-2H3. The Morgan fingerprint density at radius 3 is 3.06 bits per heavy atom.